The van der Waals surface area contributed by atoms with Gasteiger partial charge in [-0.15, -0.1) is 0 Å². The molecule has 0 aliphatic heterocycles. The molecule has 1 N–H and O–H groups in total. The molecule has 1 atom stereocenters. The van der Waals surface area contributed by atoms with Gasteiger partial charge in [-0.2, -0.15) is 0 Å². The molecule has 1 saturated carbocycles. The van der Waals surface area contributed by atoms with E-state index in [4.69, 9.17) is 16.0 Å². The van der Waals surface area contributed by atoms with Crippen LogP contribution in [-0.2, 0) is 16.6 Å². The molecule has 1 amide bonds. The SMILES string of the molecule is O=C(NC1CCCC1)c1ccc(C[S@](=O)c2ccc(Cl)cc2)o1. The fourth-order valence-corrected chi connectivity index (χ4v) is 3.85. The normalized spacial score (nSPS) is 16.4. The molecule has 23 heavy (non-hydrogen) atoms. The van der Waals surface area contributed by atoms with Crippen LogP contribution < -0.4 is 5.32 Å². The maximum Gasteiger partial charge on any atom is 0.287 e. The lowest BCUT2D eigenvalue weighted by Crippen LogP contribution is -2.32. The number of carbonyl (C=O) groups excluding carboxylic acids is 1. The highest BCUT2D eigenvalue weighted by atomic mass is 35.5. The van der Waals surface area contributed by atoms with Crippen LogP contribution in [-0.4, -0.2) is 16.2 Å². The zero-order valence-electron chi connectivity index (χ0n) is 12.6. The van der Waals surface area contributed by atoms with Gasteiger partial charge in [-0.3, -0.25) is 9.00 Å². The molecule has 122 valence electrons. The second-order valence-corrected chi connectivity index (χ2v) is 7.55. The zero-order valence-corrected chi connectivity index (χ0v) is 14.2. The Morgan fingerprint density at radius 3 is 2.57 bits per heavy atom. The average Bonchev–Trinajstić information content (AvgIpc) is 3.19. The summed E-state index contributed by atoms with van der Waals surface area (Å²) in [4.78, 5) is 12.8. The fraction of sp³-hybridized carbons (Fsp3) is 0.353. The Kier molecular flexibility index (Phi) is 5.18. The van der Waals surface area contributed by atoms with Crippen LogP contribution in [0.2, 0.25) is 5.02 Å². The minimum atomic E-state index is -1.23. The quantitative estimate of drug-likeness (QED) is 0.888. The molecule has 0 bridgehead atoms. The monoisotopic (exact) mass is 351 g/mol. The van der Waals surface area contributed by atoms with Crippen molar-refractivity contribution in [3.8, 4) is 0 Å². The van der Waals surface area contributed by atoms with Gasteiger partial charge in [0.2, 0.25) is 0 Å². The van der Waals surface area contributed by atoms with Crippen LogP contribution in [0.25, 0.3) is 0 Å². The smallest absolute Gasteiger partial charge is 0.287 e. The predicted molar refractivity (Wildman–Crippen MR) is 90.0 cm³/mol. The van der Waals surface area contributed by atoms with Crippen molar-refractivity contribution in [2.75, 3.05) is 0 Å². The van der Waals surface area contributed by atoms with Gasteiger partial charge >= 0.3 is 0 Å². The first-order valence-corrected chi connectivity index (χ1v) is 9.35. The molecule has 3 rings (SSSR count). The van der Waals surface area contributed by atoms with Gasteiger partial charge in [0, 0.05) is 16.0 Å². The summed E-state index contributed by atoms with van der Waals surface area (Å²) in [6.07, 6.45) is 4.38. The van der Waals surface area contributed by atoms with Crippen LogP contribution in [0, 0.1) is 0 Å². The number of benzene rings is 1. The van der Waals surface area contributed by atoms with Crippen molar-refractivity contribution in [1.29, 1.82) is 0 Å². The Bertz CT molecular complexity index is 705. The summed E-state index contributed by atoms with van der Waals surface area (Å²) in [6, 6.07) is 10.5. The van der Waals surface area contributed by atoms with Gasteiger partial charge in [0.15, 0.2) is 5.76 Å². The number of furan rings is 1. The molecule has 0 saturated heterocycles. The standard InChI is InChI=1S/C17H18ClNO3S/c18-12-5-8-15(9-6-12)23(21)11-14-7-10-16(22-14)17(20)19-13-3-1-2-4-13/h5-10,13H,1-4,11H2,(H,19,20)/t23-/m0/s1. The Morgan fingerprint density at radius 2 is 1.87 bits per heavy atom. The molecule has 0 radical (unpaired) electrons. The van der Waals surface area contributed by atoms with E-state index in [2.05, 4.69) is 5.32 Å². The van der Waals surface area contributed by atoms with Crippen molar-refractivity contribution in [2.45, 2.75) is 42.4 Å². The van der Waals surface area contributed by atoms with Crippen molar-refractivity contribution >= 4 is 28.3 Å². The zero-order chi connectivity index (χ0) is 16.2. The minimum Gasteiger partial charge on any atom is -0.455 e. The third-order valence-corrected chi connectivity index (χ3v) is 5.52. The van der Waals surface area contributed by atoms with Crippen molar-refractivity contribution in [3.05, 3.63) is 52.9 Å². The number of hydrogen-bond donors (Lipinski definition) is 1. The molecule has 1 aromatic heterocycles. The van der Waals surface area contributed by atoms with E-state index in [9.17, 15) is 9.00 Å². The number of carbonyl (C=O) groups is 1. The van der Waals surface area contributed by atoms with Crippen LogP contribution in [0.15, 0.2) is 45.7 Å². The van der Waals surface area contributed by atoms with Gasteiger partial charge in [0.1, 0.15) is 5.76 Å². The molecule has 0 spiro atoms. The second-order valence-electron chi connectivity index (χ2n) is 5.66. The van der Waals surface area contributed by atoms with E-state index in [1.54, 1.807) is 36.4 Å². The Labute approximate surface area is 142 Å². The van der Waals surface area contributed by atoms with E-state index in [1.165, 1.54) is 0 Å². The van der Waals surface area contributed by atoms with Gasteiger partial charge in [0.25, 0.3) is 5.91 Å². The minimum absolute atomic E-state index is 0.194. The molecule has 4 nitrogen and oxygen atoms in total. The van der Waals surface area contributed by atoms with Crippen molar-refractivity contribution in [3.63, 3.8) is 0 Å². The number of hydrogen-bond acceptors (Lipinski definition) is 3. The van der Waals surface area contributed by atoms with Crippen molar-refractivity contribution in [1.82, 2.24) is 5.32 Å². The fourth-order valence-electron chi connectivity index (χ4n) is 2.70. The van der Waals surface area contributed by atoms with Crippen LogP contribution >= 0.6 is 11.6 Å². The molecule has 1 fully saturated rings. The maximum absolute atomic E-state index is 12.3. The topological polar surface area (TPSA) is 59.3 Å². The van der Waals surface area contributed by atoms with E-state index >= 15 is 0 Å². The lowest BCUT2D eigenvalue weighted by Gasteiger charge is -2.09. The Hall–Kier alpha value is -1.59. The summed E-state index contributed by atoms with van der Waals surface area (Å²) in [5.41, 5.74) is 0. The Morgan fingerprint density at radius 1 is 1.17 bits per heavy atom. The molecular weight excluding hydrogens is 334 g/mol. The molecule has 6 heteroatoms. The number of nitrogens with one attached hydrogen (secondary N) is 1. The summed E-state index contributed by atoms with van der Waals surface area (Å²) in [5.74, 6) is 0.855. The average molecular weight is 352 g/mol. The third-order valence-electron chi connectivity index (χ3n) is 3.93. The summed E-state index contributed by atoms with van der Waals surface area (Å²) in [6.45, 7) is 0. The van der Waals surface area contributed by atoms with Crippen molar-refractivity contribution in [2.24, 2.45) is 0 Å². The predicted octanol–water partition coefficient (Wildman–Crippen LogP) is 3.91. The van der Waals surface area contributed by atoms with Gasteiger partial charge in [0.05, 0.1) is 16.6 Å². The number of halogens is 1. The lowest BCUT2D eigenvalue weighted by molar-refractivity contribution is 0.0908. The van der Waals surface area contributed by atoms with E-state index in [-0.39, 0.29) is 23.5 Å². The Balaban J connectivity index is 1.61. The number of amides is 1. The van der Waals surface area contributed by atoms with Crippen LogP contribution in [0.4, 0.5) is 0 Å². The van der Waals surface area contributed by atoms with E-state index in [0.717, 1.165) is 25.7 Å². The van der Waals surface area contributed by atoms with Gasteiger partial charge in [-0.25, -0.2) is 0 Å². The lowest BCUT2D eigenvalue weighted by atomic mass is 10.2. The summed E-state index contributed by atoms with van der Waals surface area (Å²) < 4.78 is 17.8. The molecule has 1 aliphatic carbocycles. The molecule has 2 aromatic rings. The summed E-state index contributed by atoms with van der Waals surface area (Å²) >= 11 is 5.82. The van der Waals surface area contributed by atoms with E-state index in [0.29, 0.717) is 15.7 Å². The van der Waals surface area contributed by atoms with Crippen LogP contribution in [0.5, 0.6) is 0 Å². The van der Waals surface area contributed by atoms with Crippen LogP contribution in [0.1, 0.15) is 42.0 Å². The maximum atomic E-state index is 12.3. The largest absolute Gasteiger partial charge is 0.455 e. The first kappa shape index (κ1) is 16.3. The van der Waals surface area contributed by atoms with Gasteiger partial charge in [-0.1, -0.05) is 24.4 Å². The van der Waals surface area contributed by atoms with E-state index < -0.39 is 10.8 Å². The molecule has 1 heterocycles. The summed E-state index contributed by atoms with van der Waals surface area (Å²) in [5, 5.41) is 3.58. The molecule has 1 aromatic carbocycles. The first-order valence-electron chi connectivity index (χ1n) is 7.65. The van der Waals surface area contributed by atoms with Gasteiger partial charge < -0.3 is 9.73 Å². The molecule has 0 unspecified atom stereocenters. The van der Waals surface area contributed by atoms with Crippen LogP contribution in [0.3, 0.4) is 0 Å². The highest BCUT2D eigenvalue weighted by Gasteiger charge is 2.20. The summed E-state index contributed by atoms with van der Waals surface area (Å²) in [7, 11) is -1.23. The van der Waals surface area contributed by atoms with Crippen molar-refractivity contribution < 1.29 is 13.4 Å². The first-order chi connectivity index (χ1) is 11.1. The molecule has 1 aliphatic rings. The highest BCUT2D eigenvalue weighted by molar-refractivity contribution is 7.84. The highest BCUT2D eigenvalue weighted by Crippen LogP contribution is 2.20. The third kappa shape index (κ3) is 4.24. The van der Waals surface area contributed by atoms with E-state index in [1.807, 2.05) is 0 Å². The molecular formula is C17H18ClNO3S. The second kappa shape index (κ2) is 7.32. The van der Waals surface area contributed by atoms with Gasteiger partial charge in [-0.05, 0) is 49.2 Å². The number of rotatable bonds is 5.